The van der Waals surface area contributed by atoms with Crippen molar-refractivity contribution in [2.24, 2.45) is 0 Å². The first-order valence-electron chi connectivity index (χ1n) is 8.84. The largest absolute Gasteiger partial charge is 0.472 e. The highest BCUT2D eigenvalue weighted by Gasteiger charge is 2.14. The van der Waals surface area contributed by atoms with Crippen molar-refractivity contribution >= 4 is 21.6 Å². The van der Waals surface area contributed by atoms with Crippen LogP contribution < -0.4 is 14.8 Å². The number of aromatic nitrogens is 2. The third-order valence-corrected chi connectivity index (χ3v) is 4.52. The number of carbonyl (C=O) groups is 1. The molecule has 0 fully saturated rings. The summed E-state index contributed by atoms with van der Waals surface area (Å²) in [5.74, 6) is -0.991. The van der Waals surface area contributed by atoms with Crippen LogP contribution in [-0.2, 0) is 23.2 Å². The number of hydrogen-bond donors (Lipinski definition) is 2. The van der Waals surface area contributed by atoms with Crippen LogP contribution >= 0.6 is 0 Å². The van der Waals surface area contributed by atoms with Gasteiger partial charge in [-0.1, -0.05) is 36.4 Å². The second kappa shape index (κ2) is 9.31. The van der Waals surface area contributed by atoms with Gasteiger partial charge in [0, 0.05) is 12.1 Å². The molecule has 0 aliphatic carbocycles. The molecule has 0 aliphatic rings. The van der Waals surface area contributed by atoms with Gasteiger partial charge in [0.05, 0.1) is 24.3 Å². The summed E-state index contributed by atoms with van der Waals surface area (Å²) in [6.07, 6.45) is 3.52. The van der Waals surface area contributed by atoms with Gasteiger partial charge in [0.25, 0.3) is 5.91 Å². The molecule has 0 spiro atoms. The lowest BCUT2D eigenvalue weighted by Crippen LogP contribution is -2.25. The average Bonchev–Trinajstić information content (AvgIpc) is 2.72. The second-order valence-corrected chi connectivity index (χ2v) is 8.09. The Balaban J connectivity index is 1.62. The van der Waals surface area contributed by atoms with E-state index in [1.165, 1.54) is 30.6 Å². The zero-order valence-corrected chi connectivity index (χ0v) is 16.8. The summed E-state index contributed by atoms with van der Waals surface area (Å²) in [7, 11) is -3.60. The number of nitrogens with one attached hydrogen (secondary N) is 2. The van der Waals surface area contributed by atoms with E-state index in [1.54, 1.807) is 0 Å². The molecule has 0 aliphatic heterocycles. The van der Waals surface area contributed by atoms with Crippen LogP contribution in [0.25, 0.3) is 0 Å². The van der Waals surface area contributed by atoms with Crippen molar-refractivity contribution in [1.82, 2.24) is 15.3 Å². The van der Waals surface area contributed by atoms with Crippen LogP contribution in [0, 0.1) is 5.82 Å². The van der Waals surface area contributed by atoms with Crippen LogP contribution in [0.15, 0.2) is 60.9 Å². The molecule has 0 atom stereocenters. The zero-order chi connectivity index (χ0) is 21.6. The van der Waals surface area contributed by atoms with Crippen molar-refractivity contribution in [3.63, 3.8) is 0 Å². The van der Waals surface area contributed by atoms with Crippen molar-refractivity contribution in [3.8, 4) is 5.88 Å². The number of nitrogens with zero attached hydrogens (tertiary/aromatic N) is 2. The Kier molecular flexibility index (Phi) is 6.58. The van der Waals surface area contributed by atoms with Gasteiger partial charge in [0.1, 0.15) is 18.1 Å². The summed E-state index contributed by atoms with van der Waals surface area (Å²) in [6, 6.07) is 13.5. The SMILES string of the molecule is CS(=O)(=O)Nc1cccc(F)c1CNC(=O)c1cnc(OCc2ccccc2)cn1. The van der Waals surface area contributed by atoms with E-state index >= 15 is 0 Å². The van der Waals surface area contributed by atoms with E-state index < -0.39 is 21.7 Å². The number of amides is 1. The van der Waals surface area contributed by atoms with E-state index in [9.17, 15) is 17.6 Å². The molecule has 3 rings (SSSR count). The molecule has 0 bridgehead atoms. The first-order chi connectivity index (χ1) is 14.3. The van der Waals surface area contributed by atoms with Gasteiger partial charge in [-0.3, -0.25) is 9.52 Å². The first-order valence-corrected chi connectivity index (χ1v) is 10.7. The fourth-order valence-electron chi connectivity index (χ4n) is 2.53. The topological polar surface area (TPSA) is 110 Å². The van der Waals surface area contributed by atoms with E-state index in [4.69, 9.17) is 4.74 Å². The Morgan fingerprint density at radius 3 is 2.50 bits per heavy atom. The average molecular weight is 430 g/mol. The highest BCUT2D eigenvalue weighted by Crippen LogP contribution is 2.20. The van der Waals surface area contributed by atoms with E-state index in [0.717, 1.165) is 11.8 Å². The number of rotatable bonds is 8. The lowest BCUT2D eigenvalue weighted by atomic mass is 10.1. The summed E-state index contributed by atoms with van der Waals surface area (Å²) in [4.78, 5) is 20.3. The molecular formula is C20H19FN4O4S. The third-order valence-electron chi connectivity index (χ3n) is 3.93. The molecule has 3 aromatic rings. The Bertz CT molecular complexity index is 1120. The second-order valence-electron chi connectivity index (χ2n) is 6.34. The van der Waals surface area contributed by atoms with Crippen LogP contribution in [0.5, 0.6) is 5.88 Å². The molecule has 30 heavy (non-hydrogen) atoms. The van der Waals surface area contributed by atoms with Crippen LogP contribution in [0.4, 0.5) is 10.1 Å². The monoisotopic (exact) mass is 430 g/mol. The number of anilines is 1. The molecular weight excluding hydrogens is 411 g/mol. The molecule has 0 radical (unpaired) electrons. The predicted octanol–water partition coefficient (Wildman–Crippen LogP) is 2.50. The summed E-state index contributed by atoms with van der Waals surface area (Å²) in [5, 5.41) is 2.50. The van der Waals surface area contributed by atoms with Gasteiger partial charge in [-0.05, 0) is 17.7 Å². The van der Waals surface area contributed by atoms with E-state index in [2.05, 4.69) is 20.0 Å². The van der Waals surface area contributed by atoms with E-state index in [-0.39, 0.29) is 29.4 Å². The summed E-state index contributed by atoms with van der Waals surface area (Å²) in [6.45, 7) is 0.0712. The Hall–Kier alpha value is -3.53. The maximum Gasteiger partial charge on any atom is 0.271 e. The zero-order valence-electron chi connectivity index (χ0n) is 16.0. The first kappa shape index (κ1) is 21.2. The molecule has 1 amide bonds. The maximum atomic E-state index is 14.1. The molecule has 1 aromatic heterocycles. The minimum atomic E-state index is -3.60. The Morgan fingerprint density at radius 2 is 1.83 bits per heavy atom. The molecule has 0 saturated heterocycles. The van der Waals surface area contributed by atoms with Crippen LogP contribution in [-0.4, -0.2) is 30.5 Å². The van der Waals surface area contributed by atoms with E-state index in [1.807, 2.05) is 30.3 Å². The Morgan fingerprint density at radius 1 is 1.07 bits per heavy atom. The smallest absolute Gasteiger partial charge is 0.271 e. The van der Waals surface area contributed by atoms with Gasteiger partial charge >= 0.3 is 0 Å². The minimum Gasteiger partial charge on any atom is -0.472 e. The lowest BCUT2D eigenvalue weighted by Gasteiger charge is -2.12. The summed E-state index contributed by atoms with van der Waals surface area (Å²) < 4.78 is 44.8. The number of sulfonamides is 1. The van der Waals surface area contributed by atoms with E-state index in [0.29, 0.717) is 6.61 Å². The molecule has 10 heteroatoms. The minimum absolute atomic E-state index is 0.00653. The normalized spacial score (nSPS) is 11.0. The van der Waals surface area contributed by atoms with Crippen molar-refractivity contribution in [1.29, 1.82) is 0 Å². The molecule has 1 heterocycles. The van der Waals surface area contributed by atoms with Crippen molar-refractivity contribution in [3.05, 3.63) is 83.6 Å². The number of benzene rings is 2. The standard InChI is InChI=1S/C20H19FN4O4S/c1-30(27,28)25-17-9-5-8-16(21)15(17)10-24-20(26)18-11-23-19(12-22-18)29-13-14-6-3-2-4-7-14/h2-9,11-12,25H,10,13H2,1H3,(H,24,26). The fraction of sp³-hybridized carbons (Fsp3) is 0.150. The van der Waals surface area contributed by atoms with Crippen molar-refractivity contribution in [2.45, 2.75) is 13.2 Å². The van der Waals surface area contributed by atoms with Crippen LogP contribution in [0.3, 0.4) is 0 Å². The number of ether oxygens (including phenoxy) is 1. The molecule has 8 nitrogen and oxygen atoms in total. The van der Waals surface area contributed by atoms with Gasteiger partial charge in [0.2, 0.25) is 15.9 Å². The fourth-order valence-corrected chi connectivity index (χ4v) is 3.12. The third kappa shape index (κ3) is 5.98. The van der Waals surface area contributed by atoms with Crippen LogP contribution in [0.2, 0.25) is 0 Å². The summed E-state index contributed by atoms with van der Waals surface area (Å²) >= 11 is 0. The highest BCUT2D eigenvalue weighted by atomic mass is 32.2. The van der Waals surface area contributed by atoms with Crippen molar-refractivity contribution in [2.75, 3.05) is 11.0 Å². The Labute approximate surface area is 173 Å². The molecule has 0 saturated carbocycles. The molecule has 2 aromatic carbocycles. The quantitative estimate of drug-likeness (QED) is 0.568. The maximum absolute atomic E-state index is 14.1. The van der Waals surface area contributed by atoms with Gasteiger partial charge in [0.15, 0.2) is 0 Å². The van der Waals surface area contributed by atoms with Gasteiger partial charge in [-0.25, -0.2) is 22.8 Å². The number of halogens is 1. The number of carbonyl (C=O) groups excluding carboxylic acids is 1. The molecule has 156 valence electrons. The van der Waals surface area contributed by atoms with Crippen LogP contribution in [0.1, 0.15) is 21.6 Å². The predicted molar refractivity (Wildman–Crippen MR) is 109 cm³/mol. The van der Waals surface area contributed by atoms with Gasteiger partial charge in [-0.15, -0.1) is 0 Å². The molecule has 0 unspecified atom stereocenters. The summed E-state index contributed by atoms with van der Waals surface area (Å²) in [5.41, 5.74) is 1.03. The van der Waals surface area contributed by atoms with Gasteiger partial charge in [-0.2, -0.15) is 0 Å². The highest BCUT2D eigenvalue weighted by molar-refractivity contribution is 7.92. The van der Waals surface area contributed by atoms with Gasteiger partial charge < -0.3 is 10.1 Å². The van der Waals surface area contributed by atoms with Crippen molar-refractivity contribution < 1.29 is 22.3 Å². The lowest BCUT2D eigenvalue weighted by molar-refractivity contribution is 0.0945. The molecule has 2 N–H and O–H groups in total. The number of hydrogen-bond acceptors (Lipinski definition) is 6.